The Morgan fingerprint density at radius 2 is 0.848 bits per heavy atom. The van der Waals surface area contributed by atoms with E-state index in [9.17, 15) is 65.7 Å². The van der Waals surface area contributed by atoms with Gasteiger partial charge in [0.05, 0.1) is 26.2 Å². The third-order valence-corrected chi connectivity index (χ3v) is 6.33. The summed E-state index contributed by atoms with van der Waals surface area (Å²) in [6.07, 6.45) is -2.30. The number of alkyl halides is 12. The van der Waals surface area contributed by atoms with Gasteiger partial charge in [-0.2, -0.15) is 52.7 Å². The summed E-state index contributed by atoms with van der Waals surface area (Å²) < 4.78 is 185. The molecule has 0 aromatic rings. The van der Waals surface area contributed by atoms with Crippen LogP contribution in [0.1, 0.15) is 41.0 Å². The van der Waals surface area contributed by atoms with Crippen molar-refractivity contribution in [2.24, 2.45) is 0 Å². The SMILES string of the molecule is CCC(F)(F)C(F)(F)C(F)(F)C(F)(F)C(F)(F)C(F)(F)S(=O)(=O)[O-].CC[N+](CC)(CC)CC. The van der Waals surface area contributed by atoms with E-state index in [2.05, 4.69) is 27.7 Å². The van der Waals surface area contributed by atoms with Crippen molar-refractivity contribution in [3.8, 4) is 0 Å². The van der Waals surface area contributed by atoms with E-state index in [1.807, 2.05) is 0 Å². The molecule has 0 fully saturated rings. The van der Waals surface area contributed by atoms with Gasteiger partial charge in [0, 0.05) is 6.42 Å². The van der Waals surface area contributed by atoms with Crippen molar-refractivity contribution in [2.45, 2.75) is 75.9 Å². The molecular formula is C16H25F12NO3S. The van der Waals surface area contributed by atoms with Crippen molar-refractivity contribution < 1.29 is 70.1 Å². The molecule has 0 aliphatic rings. The lowest BCUT2D eigenvalue weighted by Crippen LogP contribution is -2.71. The van der Waals surface area contributed by atoms with Crippen LogP contribution in [0.3, 0.4) is 0 Å². The van der Waals surface area contributed by atoms with Crippen LogP contribution in [0.2, 0.25) is 0 Å². The van der Waals surface area contributed by atoms with E-state index < -0.39 is 51.4 Å². The first-order valence-corrected chi connectivity index (χ1v) is 10.8. The number of halogens is 12. The minimum atomic E-state index is -8.05. The van der Waals surface area contributed by atoms with E-state index in [4.69, 9.17) is 0 Å². The molecule has 0 N–H and O–H groups in total. The second-order valence-electron chi connectivity index (χ2n) is 6.93. The summed E-state index contributed by atoms with van der Waals surface area (Å²) in [4.78, 5) is 0. The molecule has 0 saturated heterocycles. The zero-order valence-electron chi connectivity index (χ0n) is 18.2. The lowest BCUT2D eigenvalue weighted by molar-refractivity contribution is -0.921. The molecule has 4 nitrogen and oxygen atoms in total. The first-order valence-electron chi connectivity index (χ1n) is 9.38. The summed E-state index contributed by atoms with van der Waals surface area (Å²) in [7, 11) is -7.77. The van der Waals surface area contributed by atoms with Gasteiger partial charge >= 0.3 is 34.9 Å². The van der Waals surface area contributed by atoms with Crippen molar-refractivity contribution in [1.29, 1.82) is 0 Å². The third kappa shape index (κ3) is 5.65. The molecule has 0 unspecified atom stereocenters. The van der Waals surface area contributed by atoms with Gasteiger partial charge < -0.3 is 9.04 Å². The van der Waals surface area contributed by atoms with Crippen LogP contribution < -0.4 is 0 Å². The Morgan fingerprint density at radius 3 is 1.03 bits per heavy atom. The third-order valence-electron chi connectivity index (χ3n) is 5.45. The summed E-state index contributed by atoms with van der Waals surface area (Å²) in [5.74, 6) is -37.2. The standard InChI is InChI=1S/C8H6F12O3S.C8H20N/c1-2-3(9,10)4(11,12)5(13,14)6(15,16)7(17,18)8(19,20)24(21,22)23;1-5-9(6-2,7-3)8-4/h2H2,1H3,(H,21,22,23);5-8H2,1-4H3/q;+1/p-1. The highest BCUT2D eigenvalue weighted by Crippen LogP contribution is 2.61. The molecule has 0 saturated carbocycles. The van der Waals surface area contributed by atoms with Crippen molar-refractivity contribution in [2.75, 3.05) is 26.2 Å². The second kappa shape index (κ2) is 10.3. The Hall–Kier alpha value is -0.970. The summed E-state index contributed by atoms with van der Waals surface area (Å²) in [5, 5.41) is -7.51. The molecule has 0 bridgehead atoms. The van der Waals surface area contributed by atoms with E-state index in [1.165, 1.54) is 30.7 Å². The number of quaternary nitrogens is 1. The monoisotopic (exact) mass is 539 g/mol. The molecule has 0 spiro atoms. The van der Waals surface area contributed by atoms with Crippen LogP contribution >= 0.6 is 0 Å². The first-order chi connectivity index (χ1) is 14.3. The smallest absolute Gasteiger partial charge is 0.402 e. The van der Waals surface area contributed by atoms with E-state index in [1.54, 1.807) is 0 Å². The minimum absolute atomic E-state index is 0.0526. The Labute approximate surface area is 183 Å². The van der Waals surface area contributed by atoms with Crippen LogP contribution in [0.5, 0.6) is 0 Å². The number of rotatable bonds is 11. The largest absolute Gasteiger partial charge is 0.743 e. The van der Waals surface area contributed by atoms with E-state index >= 15 is 0 Å². The Morgan fingerprint density at radius 1 is 0.576 bits per heavy atom. The highest BCUT2D eigenvalue weighted by molar-refractivity contribution is 7.86. The molecule has 0 aliphatic heterocycles. The van der Waals surface area contributed by atoms with E-state index in [-0.39, 0.29) is 6.92 Å². The molecule has 0 atom stereocenters. The average molecular weight is 539 g/mol. The molecule has 0 amide bonds. The van der Waals surface area contributed by atoms with Crippen LogP contribution in [-0.2, 0) is 10.1 Å². The zero-order chi connectivity index (χ0) is 27.5. The van der Waals surface area contributed by atoms with Crippen LogP contribution in [-0.4, -0.2) is 78.5 Å². The molecule has 0 aromatic heterocycles. The van der Waals surface area contributed by atoms with E-state index in [0.29, 0.717) is 0 Å². The van der Waals surface area contributed by atoms with Crippen LogP contribution in [0.15, 0.2) is 0 Å². The summed E-state index contributed by atoms with van der Waals surface area (Å²) in [5.41, 5.74) is 0. The van der Waals surface area contributed by atoms with Gasteiger partial charge in [0.25, 0.3) is 0 Å². The lowest BCUT2D eigenvalue weighted by Gasteiger charge is -2.41. The first kappa shape index (κ1) is 34.2. The van der Waals surface area contributed by atoms with Crippen LogP contribution in [0.25, 0.3) is 0 Å². The number of hydrogen-bond acceptors (Lipinski definition) is 3. The number of hydrogen-bond donors (Lipinski definition) is 0. The summed E-state index contributed by atoms with van der Waals surface area (Å²) in [6, 6.07) is 0. The van der Waals surface area contributed by atoms with Crippen molar-refractivity contribution >= 4 is 10.1 Å². The fourth-order valence-electron chi connectivity index (χ4n) is 2.53. The molecule has 0 rings (SSSR count). The van der Waals surface area contributed by atoms with Crippen molar-refractivity contribution in [3.63, 3.8) is 0 Å². The van der Waals surface area contributed by atoms with Gasteiger partial charge in [0.15, 0.2) is 10.1 Å². The van der Waals surface area contributed by atoms with Crippen LogP contribution in [0.4, 0.5) is 52.7 Å². The highest BCUT2D eigenvalue weighted by atomic mass is 32.2. The summed E-state index contributed by atoms with van der Waals surface area (Å²) >= 11 is 0. The molecule has 17 heteroatoms. The van der Waals surface area contributed by atoms with E-state index in [0.717, 1.165) is 0 Å². The molecular weight excluding hydrogens is 514 g/mol. The van der Waals surface area contributed by atoms with Gasteiger partial charge in [-0.15, -0.1) is 0 Å². The molecule has 0 aliphatic carbocycles. The Bertz CT molecular complexity index is 720. The van der Waals surface area contributed by atoms with Gasteiger partial charge in [-0.1, -0.05) is 6.92 Å². The van der Waals surface area contributed by atoms with Gasteiger partial charge in [0.1, 0.15) is 0 Å². The topological polar surface area (TPSA) is 57.2 Å². The maximum atomic E-state index is 13.0. The molecule has 0 radical (unpaired) electrons. The normalized spacial score (nSPS) is 15.2. The lowest BCUT2D eigenvalue weighted by atomic mass is 9.93. The average Bonchev–Trinajstić information content (AvgIpc) is 2.69. The highest BCUT2D eigenvalue weighted by Gasteiger charge is 2.90. The fourth-order valence-corrected chi connectivity index (χ4v) is 2.97. The van der Waals surface area contributed by atoms with Crippen molar-refractivity contribution in [1.82, 2.24) is 0 Å². The Kier molecular flexibility index (Phi) is 10.7. The second-order valence-corrected chi connectivity index (χ2v) is 8.35. The predicted molar refractivity (Wildman–Crippen MR) is 92.1 cm³/mol. The molecule has 33 heavy (non-hydrogen) atoms. The summed E-state index contributed by atoms with van der Waals surface area (Å²) in [6.45, 7) is 14.3. The van der Waals surface area contributed by atoms with Gasteiger partial charge in [-0.3, -0.25) is 0 Å². The fraction of sp³-hybridized carbons (Fsp3) is 1.00. The van der Waals surface area contributed by atoms with Gasteiger partial charge in [0.2, 0.25) is 0 Å². The molecule has 202 valence electrons. The predicted octanol–water partition coefficient (Wildman–Crippen LogP) is 5.59. The molecule has 0 aromatic carbocycles. The number of nitrogens with zero attached hydrogens (tertiary/aromatic N) is 1. The zero-order valence-corrected chi connectivity index (χ0v) is 19.0. The van der Waals surface area contributed by atoms with Crippen molar-refractivity contribution in [3.05, 3.63) is 0 Å². The maximum absolute atomic E-state index is 13.0. The minimum Gasteiger partial charge on any atom is -0.743 e. The quantitative estimate of drug-likeness (QED) is 0.195. The van der Waals surface area contributed by atoms with Gasteiger partial charge in [-0.25, -0.2) is 8.42 Å². The van der Waals surface area contributed by atoms with Crippen LogP contribution in [0, 0.1) is 0 Å². The maximum Gasteiger partial charge on any atom is 0.402 e. The Balaban J connectivity index is 0. The van der Waals surface area contributed by atoms with Gasteiger partial charge in [-0.05, 0) is 27.7 Å². The molecule has 0 heterocycles.